The Labute approximate surface area is 241 Å². The zero-order valence-electron chi connectivity index (χ0n) is 24.3. The monoisotopic (exact) mass is 588 g/mol. The van der Waals surface area contributed by atoms with E-state index in [1.807, 2.05) is 20.8 Å². The summed E-state index contributed by atoms with van der Waals surface area (Å²) in [5, 5.41) is 26.1. The number of fused-ring (bicyclic) bond motifs is 1. The van der Waals surface area contributed by atoms with Crippen LogP contribution >= 0.6 is 0 Å². The first-order valence-electron chi connectivity index (χ1n) is 14.4. The SMILES string of the molecule is CC(=O)OC1C(C)(C)C2CC(=O)OCC23C2CCC4(C)C(c5ccoc5)OC(=O)CC4(O)C24CC1(OC(C)=O)C3(O)O4. The molecule has 12 heteroatoms. The van der Waals surface area contributed by atoms with Crippen LogP contribution in [-0.4, -0.2) is 69.4 Å². The van der Waals surface area contributed by atoms with Gasteiger partial charge in [-0.25, -0.2) is 0 Å². The van der Waals surface area contributed by atoms with Gasteiger partial charge in [-0.2, -0.15) is 0 Å². The zero-order chi connectivity index (χ0) is 30.3. The largest absolute Gasteiger partial charge is 0.472 e. The van der Waals surface area contributed by atoms with Crippen molar-refractivity contribution in [3.05, 3.63) is 24.2 Å². The van der Waals surface area contributed by atoms with Crippen LogP contribution in [0.25, 0.3) is 0 Å². The van der Waals surface area contributed by atoms with Crippen molar-refractivity contribution >= 4 is 23.9 Å². The average molecular weight is 589 g/mol. The van der Waals surface area contributed by atoms with E-state index in [0.717, 1.165) is 0 Å². The third kappa shape index (κ3) is 2.76. The molecule has 1 aromatic rings. The standard InChI is InChI=1S/C30H36O12/c1-15(31)39-23-24(3,4)19-10-20(33)38-14-26(19)18-6-8-25(5)22(17-7-9-37-12-17)40-21(34)11-29(25,35)27(18)13-28(23,41-16(2)32)30(26,36)42-27/h7,9,12,18-19,22-23,35-36H,6,8,10-11,13-14H2,1-5H3. The highest BCUT2D eigenvalue weighted by atomic mass is 16.7. The molecule has 2 spiro atoms. The van der Waals surface area contributed by atoms with Crippen molar-refractivity contribution < 1.29 is 57.5 Å². The molecule has 1 aromatic heterocycles. The molecule has 10 atom stereocenters. The maximum absolute atomic E-state index is 13.3. The van der Waals surface area contributed by atoms with E-state index in [2.05, 4.69) is 0 Å². The lowest BCUT2D eigenvalue weighted by Crippen LogP contribution is -2.84. The first-order valence-corrected chi connectivity index (χ1v) is 14.4. The summed E-state index contributed by atoms with van der Waals surface area (Å²) >= 11 is 0. The highest BCUT2D eigenvalue weighted by molar-refractivity contribution is 5.75. The molecule has 228 valence electrons. The second-order valence-electron chi connectivity index (χ2n) is 14.0. The molecule has 2 saturated carbocycles. The van der Waals surface area contributed by atoms with Crippen molar-refractivity contribution in [1.29, 1.82) is 0 Å². The zero-order valence-corrected chi connectivity index (χ0v) is 24.3. The minimum atomic E-state index is -2.34. The minimum absolute atomic E-state index is 0.117. The molecule has 4 saturated heterocycles. The van der Waals surface area contributed by atoms with Gasteiger partial charge >= 0.3 is 23.9 Å². The number of furan rings is 1. The van der Waals surface area contributed by atoms with Crippen LogP contribution in [0.5, 0.6) is 0 Å². The predicted molar refractivity (Wildman–Crippen MR) is 137 cm³/mol. The van der Waals surface area contributed by atoms with Crippen molar-refractivity contribution in [2.24, 2.45) is 28.1 Å². The number of aliphatic hydroxyl groups is 2. The third-order valence-corrected chi connectivity index (χ3v) is 12.0. The van der Waals surface area contributed by atoms with E-state index in [1.165, 1.54) is 26.4 Å². The quantitative estimate of drug-likeness (QED) is 0.390. The maximum atomic E-state index is 13.3. The Morgan fingerprint density at radius 2 is 1.79 bits per heavy atom. The summed E-state index contributed by atoms with van der Waals surface area (Å²) in [6, 6.07) is 1.67. The summed E-state index contributed by atoms with van der Waals surface area (Å²) in [4.78, 5) is 51.6. The van der Waals surface area contributed by atoms with Crippen molar-refractivity contribution in [2.75, 3.05) is 6.61 Å². The molecule has 12 nitrogen and oxygen atoms in total. The molecule has 42 heavy (non-hydrogen) atoms. The van der Waals surface area contributed by atoms with Gasteiger partial charge in [-0.15, -0.1) is 0 Å². The lowest BCUT2D eigenvalue weighted by molar-refractivity contribution is -0.388. The molecule has 2 aliphatic carbocycles. The molecule has 0 amide bonds. The number of ether oxygens (including phenoxy) is 5. The summed E-state index contributed by atoms with van der Waals surface area (Å²) in [6.45, 7) is 7.60. The van der Waals surface area contributed by atoms with E-state index in [-0.39, 0.29) is 19.4 Å². The van der Waals surface area contributed by atoms with Gasteiger partial charge in [0.15, 0.2) is 6.10 Å². The van der Waals surface area contributed by atoms with Gasteiger partial charge in [-0.1, -0.05) is 20.8 Å². The Kier molecular flexibility index (Phi) is 5.27. The molecule has 5 heterocycles. The second-order valence-corrected chi connectivity index (χ2v) is 14.0. The normalized spacial score (nSPS) is 49.6. The number of esters is 4. The average Bonchev–Trinajstić information content (AvgIpc) is 3.55. The van der Waals surface area contributed by atoms with Crippen LogP contribution in [0.15, 0.2) is 23.0 Å². The molecule has 6 aliphatic rings. The molecule has 2 bridgehead atoms. The number of hydrogen-bond acceptors (Lipinski definition) is 12. The van der Waals surface area contributed by atoms with Crippen molar-refractivity contribution in [3.8, 4) is 0 Å². The summed E-state index contributed by atoms with van der Waals surface area (Å²) in [7, 11) is 0. The van der Waals surface area contributed by atoms with Crippen LogP contribution in [0.2, 0.25) is 0 Å². The summed E-state index contributed by atoms with van der Waals surface area (Å²) in [6.07, 6.45) is 0.690. The Bertz CT molecular complexity index is 1400. The maximum Gasteiger partial charge on any atom is 0.309 e. The molecule has 7 rings (SSSR count). The van der Waals surface area contributed by atoms with Crippen molar-refractivity contribution in [3.63, 3.8) is 0 Å². The van der Waals surface area contributed by atoms with E-state index in [4.69, 9.17) is 28.1 Å². The van der Waals surface area contributed by atoms with E-state index < -0.39 is 93.2 Å². The Balaban J connectivity index is 1.51. The fourth-order valence-corrected chi connectivity index (χ4v) is 10.6. The van der Waals surface area contributed by atoms with Crippen molar-refractivity contribution in [1.82, 2.24) is 0 Å². The number of hydrogen-bond donors (Lipinski definition) is 2. The van der Waals surface area contributed by atoms with Gasteiger partial charge < -0.3 is 38.3 Å². The molecule has 4 aliphatic heterocycles. The topological polar surface area (TPSA) is 168 Å². The van der Waals surface area contributed by atoms with Crippen molar-refractivity contribution in [2.45, 2.75) is 102 Å². The second kappa shape index (κ2) is 7.95. The number of carbonyl (C=O) groups is 4. The van der Waals surface area contributed by atoms with E-state index in [1.54, 1.807) is 6.07 Å². The van der Waals surface area contributed by atoms with E-state index in [9.17, 15) is 29.4 Å². The summed E-state index contributed by atoms with van der Waals surface area (Å²) < 4.78 is 35.6. The van der Waals surface area contributed by atoms with Gasteiger partial charge in [0.05, 0.1) is 24.4 Å². The van der Waals surface area contributed by atoms with Crippen LogP contribution in [0.4, 0.5) is 0 Å². The fraction of sp³-hybridized carbons (Fsp3) is 0.733. The number of rotatable bonds is 3. The van der Waals surface area contributed by atoms with Crippen LogP contribution < -0.4 is 0 Å². The van der Waals surface area contributed by atoms with E-state index >= 15 is 0 Å². The molecule has 0 aromatic carbocycles. The summed E-state index contributed by atoms with van der Waals surface area (Å²) in [5.41, 5.74) is -8.57. The molecular formula is C30H36O12. The highest BCUT2D eigenvalue weighted by Crippen LogP contribution is 2.84. The van der Waals surface area contributed by atoms with Crippen LogP contribution in [0.3, 0.4) is 0 Å². The molecule has 6 fully saturated rings. The minimum Gasteiger partial charge on any atom is -0.472 e. The van der Waals surface area contributed by atoms with Crippen LogP contribution in [-0.2, 0) is 42.9 Å². The Morgan fingerprint density at radius 1 is 1.05 bits per heavy atom. The first-order chi connectivity index (χ1) is 19.5. The van der Waals surface area contributed by atoms with Gasteiger partial charge in [0.2, 0.25) is 11.4 Å². The summed E-state index contributed by atoms with van der Waals surface area (Å²) in [5.74, 6) is -6.22. The molecule has 10 unspecified atom stereocenters. The smallest absolute Gasteiger partial charge is 0.309 e. The lowest BCUT2D eigenvalue weighted by atomic mass is 9.34. The third-order valence-electron chi connectivity index (χ3n) is 12.0. The van der Waals surface area contributed by atoms with E-state index in [0.29, 0.717) is 18.4 Å². The molecular weight excluding hydrogens is 552 g/mol. The Morgan fingerprint density at radius 3 is 2.43 bits per heavy atom. The fourth-order valence-electron chi connectivity index (χ4n) is 10.6. The highest BCUT2D eigenvalue weighted by Gasteiger charge is 2.97. The molecule has 0 radical (unpaired) electrons. The van der Waals surface area contributed by atoms with Gasteiger partial charge in [0.1, 0.15) is 23.9 Å². The van der Waals surface area contributed by atoms with Gasteiger partial charge in [-0.05, 0) is 24.8 Å². The van der Waals surface area contributed by atoms with Crippen LogP contribution in [0, 0.1) is 28.1 Å². The predicted octanol–water partition coefficient (Wildman–Crippen LogP) is 2.10. The lowest BCUT2D eigenvalue weighted by Gasteiger charge is -2.71. The van der Waals surface area contributed by atoms with Gasteiger partial charge in [0.25, 0.3) is 0 Å². The van der Waals surface area contributed by atoms with Crippen LogP contribution in [0.1, 0.15) is 78.4 Å². The molecule has 2 N–H and O–H groups in total. The van der Waals surface area contributed by atoms with Gasteiger partial charge in [-0.3, -0.25) is 19.2 Å². The van der Waals surface area contributed by atoms with Gasteiger partial charge in [0, 0.05) is 49.0 Å². The number of cyclic esters (lactones) is 2. The number of carbonyl (C=O) groups excluding carboxylic acids is 4. The first kappa shape index (κ1) is 27.8. The Hall–Kier alpha value is -2.96.